The monoisotopic (exact) mass is 263 g/mol. The van der Waals surface area contributed by atoms with Crippen molar-refractivity contribution >= 4 is 21.7 Å². The second-order valence-corrected chi connectivity index (χ2v) is 6.83. The van der Waals surface area contributed by atoms with Gasteiger partial charge in [0.2, 0.25) is 5.91 Å². The lowest BCUT2D eigenvalue weighted by atomic mass is 10.0. The van der Waals surface area contributed by atoms with E-state index in [2.05, 4.69) is 5.32 Å². The smallest absolute Gasteiger partial charge is 0.308 e. The Bertz CT molecular complexity index is 416. The summed E-state index contributed by atoms with van der Waals surface area (Å²) in [6, 6.07) is -0.454. The number of carboxylic acids is 1. The van der Waals surface area contributed by atoms with Crippen molar-refractivity contribution in [3.63, 3.8) is 0 Å². The minimum Gasteiger partial charge on any atom is -0.481 e. The molecule has 0 spiro atoms. The van der Waals surface area contributed by atoms with Crippen LogP contribution >= 0.6 is 0 Å². The Morgan fingerprint density at radius 3 is 2.41 bits per heavy atom. The fraction of sp³-hybridized carbons (Fsp3) is 0.800. The van der Waals surface area contributed by atoms with E-state index in [0.29, 0.717) is 12.8 Å². The molecular formula is C10H17NO5S. The summed E-state index contributed by atoms with van der Waals surface area (Å²) in [7, 11) is -3.44. The van der Waals surface area contributed by atoms with Crippen LogP contribution in [0.25, 0.3) is 0 Å². The van der Waals surface area contributed by atoms with Crippen LogP contribution in [-0.4, -0.2) is 42.9 Å². The van der Waals surface area contributed by atoms with E-state index in [1.54, 1.807) is 0 Å². The molecule has 3 atom stereocenters. The Morgan fingerprint density at radius 1 is 1.35 bits per heavy atom. The van der Waals surface area contributed by atoms with Crippen molar-refractivity contribution in [3.8, 4) is 0 Å². The Morgan fingerprint density at radius 2 is 1.94 bits per heavy atom. The Hall–Kier alpha value is -1.11. The van der Waals surface area contributed by atoms with Gasteiger partial charge in [-0.3, -0.25) is 9.59 Å². The summed E-state index contributed by atoms with van der Waals surface area (Å²) in [5.74, 6) is -2.17. The minimum atomic E-state index is -3.44. The molecule has 0 aromatic rings. The van der Waals surface area contributed by atoms with E-state index >= 15 is 0 Å². The summed E-state index contributed by atoms with van der Waals surface area (Å²) in [5, 5.41) is 10.3. The van der Waals surface area contributed by atoms with Crippen molar-refractivity contribution in [1.29, 1.82) is 0 Å². The Balaban J connectivity index is 2.66. The van der Waals surface area contributed by atoms with Gasteiger partial charge in [0.05, 0.1) is 5.92 Å². The second-order valence-electron chi connectivity index (χ2n) is 4.46. The molecule has 0 saturated heterocycles. The maximum atomic E-state index is 11.6. The Kier molecular flexibility index (Phi) is 4.13. The first-order valence-electron chi connectivity index (χ1n) is 5.45. The third-order valence-corrected chi connectivity index (χ3v) is 4.67. The van der Waals surface area contributed by atoms with Crippen molar-refractivity contribution in [1.82, 2.24) is 5.32 Å². The predicted octanol–water partition coefficient (Wildman–Crippen LogP) is -0.211. The van der Waals surface area contributed by atoms with Gasteiger partial charge in [-0.15, -0.1) is 0 Å². The highest BCUT2D eigenvalue weighted by Crippen LogP contribution is 2.26. The van der Waals surface area contributed by atoms with Crippen LogP contribution in [0.1, 0.15) is 26.2 Å². The molecule has 7 heteroatoms. The summed E-state index contributed by atoms with van der Waals surface area (Å²) in [6.45, 7) is 1.30. The minimum absolute atomic E-state index is 0.454. The van der Waals surface area contributed by atoms with E-state index in [1.165, 1.54) is 6.92 Å². The summed E-state index contributed by atoms with van der Waals surface area (Å²) < 4.78 is 22.4. The molecular weight excluding hydrogens is 246 g/mol. The molecule has 1 aliphatic rings. The van der Waals surface area contributed by atoms with Crippen molar-refractivity contribution in [2.75, 3.05) is 6.26 Å². The summed E-state index contributed by atoms with van der Waals surface area (Å²) >= 11 is 0. The van der Waals surface area contributed by atoms with E-state index in [9.17, 15) is 18.0 Å². The highest BCUT2D eigenvalue weighted by atomic mass is 32.2. The zero-order chi connectivity index (χ0) is 13.2. The van der Waals surface area contributed by atoms with Crippen molar-refractivity contribution in [3.05, 3.63) is 0 Å². The molecule has 3 unspecified atom stereocenters. The average Bonchev–Trinajstić information content (AvgIpc) is 2.63. The quantitative estimate of drug-likeness (QED) is 0.731. The number of nitrogens with one attached hydrogen (secondary N) is 1. The molecule has 0 aliphatic heterocycles. The van der Waals surface area contributed by atoms with Gasteiger partial charge >= 0.3 is 5.97 Å². The number of carbonyl (C=O) groups excluding carboxylic acids is 1. The van der Waals surface area contributed by atoms with Gasteiger partial charge in [-0.1, -0.05) is 6.42 Å². The number of rotatable bonds is 4. The zero-order valence-electron chi connectivity index (χ0n) is 9.84. The van der Waals surface area contributed by atoms with Gasteiger partial charge < -0.3 is 10.4 Å². The van der Waals surface area contributed by atoms with E-state index < -0.39 is 38.9 Å². The highest BCUT2D eigenvalue weighted by molar-refractivity contribution is 7.92. The lowest BCUT2D eigenvalue weighted by Crippen LogP contribution is -2.46. The molecule has 1 rings (SSSR count). The first-order valence-corrected chi connectivity index (χ1v) is 7.41. The first kappa shape index (κ1) is 14.0. The van der Waals surface area contributed by atoms with E-state index in [-0.39, 0.29) is 0 Å². The van der Waals surface area contributed by atoms with Crippen LogP contribution in [0, 0.1) is 5.92 Å². The molecule has 1 saturated carbocycles. The molecule has 17 heavy (non-hydrogen) atoms. The molecule has 1 aliphatic carbocycles. The van der Waals surface area contributed by atoms with Crippen LogP contribution < -0.4 is 5.32 Å². The molecule has 6 nitrogen and oxygen atoms in total. The molecule has 1 fully saturated rings. The lowest BCUT2D eigenvalue weighted by Gasteiger charge is -2.19. The van der Waals surface area contributed by atoms with E-state index in [1.807, 2.05) is 0 Å². The first-order chi connectivity index (χ1) is 7.73. The number of amides is 1. The highest BCUT2D eigenvalue weighted by Gasteiger charge is 2.35. The number of sulfone groups is 1. The lowest BCUT2D eigenvalue weighted by molar-refractivity contribution is -0.142. The van der Waals surface area contributed by atoms with Crippen molar-refractivity contribution in [2.24, 2.45) is 5.92 Å². The normalized spacial score (nSPS) is 26.5. The van der Waals surface area contributed by atoms with Crippen molar-refractivity contribution in [2.45, 2.75) is 37.5 Å². The van der Waals surface area contributed by atoms with Crippen LogP contribution in [-0.2, 0) is 19.4 Å². The van der Waals surface area contributed by atoms with Crippen molar-refractivity contribution < 1.29 is 23.1 Å². The van der Waals surface area contributed by atoms with Gasteiger partial charge in [0.25, 0.3) is 0 Å². The van der Waals surface area contributed by atoms with Gasteiger partial charge in [0.15, 0.2) is 9.84 Å². The van der Waals surface area contributed by atoms with Gasteiger partial charge in [0.1, 0.15) is 5.25 Å². The molecule has 2 N–H and O–H groups in total. The molecule has 0 aromatic carbocycles. The third-order valence-electron chi connectivity index (χ3n) is 3.17. The van der Waals surface area contributed by atoms with Gasteiger partial charge in [-0.25, -0.2) is 8.42 Å². The van der Waals surface area contributed by atoms with Crippen LogP contribution in [0.15, 0.2) is 0 Å². The summed E-state index contributed by atoms with van der Waals surface area (Å²) in [4.78, 5) is 22.5. The number of aliphatic carboxylic acids is 1. The van der Waals surface area contributed by atoms with Gasteiger partial charge in [0, 0.05) is 12.3 Å². The Labute approximate surface area is 100 Å². The maximum absolute atomic E-state index is 11.6. The predicted molar refractivity (Wildman–Crippen MR) is 61.2 cm³/mol. The van der Waals surface area contributed by atoms with E-state index in [0.717, 1.165) is 12.7 Å². The third kappa shape index (κ3) is 3.42. The van der Waals surface area contributed by atoms with Crippen LogP contribution in [0.3, 0.4) is 0 Å². The standard InChI is InChI=1S/C10H17NO5S/c1-6(17(2,15)16)9(12)11-8-5-3-4-7(8)10(13)14/h6-8H,3-5H2,1-2H3,(H,11,12)(H,13,14). The zero-order valence-corrected chi connectivity index (χ0v) is 10.7. The topological polar surface area (TPSA) is 101 Å². The molecule has 98 valence electrons. The maximum Gasteiger partial charge on any atom is 0.308 e. The molecule has 0 aromatic heterocycles. The fourth-order valence-electron chi connectivity index (χ4n) is 1.92. The molecule has 1 amide bonds. The number of hydrogen-bond acceptors (Lipinski definition) is 4. The average molecular weight is 263 g/mol. The number of carboxylic acid groups (broad SMARTS) is 1. The second kappa shape index (κ2) is 5.03. The molecule has 0 radical (unpaired) electrons. The van der Waals surface area contributed by atoms with Crippen LogP contribution in [0.4, 0.5) is 0 Å². The molecule has 0 heterocycles. The SMILES string of the molecule is CC(C(=O)NC1CCCC1C(=O)O)S(C)(=O)=O. The van der Waals surface area contributed by atoms with Gasteiger partial charge in [-0.2, -0.15) is 0 Å². The fourth-order valence-corrected chi connectivity index (χ4v) is 2.38. The van der Waals surface area contributed by atoms with E-state index in [4.69, 9.17) is 5.11 Å². The van der Waals surface area contributed by atoms with Crippen LogP contribution in [0.2, 0.25) is 0 Å². The van der Waals surface area contributed by atoms with Crippen LogP contribution in [0.5, 0.6) is 0 Å². The molecule has 0 bridgehead atoms. The number of carbonyl (C=O) groups is 2. The van der Waals surface area contributed by atoms with Gasteiger partial charge in [-0.05, 0) is 19.8 Å². The number of hydrogen-bond donors (Lipinski definition) is 2. The largest absolute Gasteiger partial charge is 0.481 e. The summed E-state index contributed by atoms with van der Waals surface area (Å²) in [6.07, 6.45) is 2.82. The summed E-state index contributed by atoms with van der Waals surface area (Å²) in [5.41, 5.74) is 0.